The maximum Gasteiger partial charge on any atom is 0.307 e. The van der Waals surface area contributed by atoms with E-state index in [1.54, 1.807) is 0 Å². The Kier molecular flexibility index (Phi) is 5.31. The summed E-state index contributed by atoms with van der Waals surface area (Å²) < 4.78 is 15.0. The molecule has 0 aromatic rings. The second-order valence-electron chi connectivity index (χ2n) is 4.48. The van der Waals surface area contributed by atoms with Crippen LogP contribution >= 0.6 is 9.03 Å². The van der Waals surface area contributed by atoms with Gasteiger partial charge >= 0.3 is 5.97 Å². The molecule has 0 aromatic carbocycles. The molecule has 0 bridgehead atoms. The molecule has 7 heteroatoms. The van der Waals surface area contributed by atoms with E-state index < -0.39 is 6.10 Å². The maximum atomic E-state index is 11.8. The number of carbonyl (C=O) groups is 2. The van der Waals surface area contributed by atoms with E-state index >= 15 is 0 Å². The van der Waals surface area contributed by atoms with Crippen LogP contribution in [0.2, 0.25) is 0 Å². The largest absolute Gasteiger partial charge is 0.469 e. The average Bonchev–Trinajstić information content (AvgIpc) is 2.27. The molecule has 6 nitrogen and oxygen atoms in total. The molecule has 1 aliphatic rings. The lowest BCUT2D eigenvalue weighted by atomic mass is 9.87. The first-order valence-corrected chi connectivity index (χ1v) is 6.16. The van der Waals surface area contributed by atoms with E-state index in [4.69, 9.17) is 9.05 Å². The third-order valence-electron chi connectivity index (χ3n) is 2.47. The lowest BCUT2D eigenvalue weighted by molar-refractivity contribution is -0.141. The molecule has 0 aliphatic carbocycles. The Hall–Kier alpha value is -0.710. The highest BCUT2D eigenvalue weighted by Gasteiger charge is 2.39. The molecule has 1 rings (SSSR count). The van der Waals surface area contributed by atoms with Crippen LogP contribution in [0.5, 0.6) is 0 Å². The summed E-state index contributed by atoms with van der Waals surface area (Å²) in [7, 11) is 1.21. The van der Waals surface area contributed by atoms with Gasteiger partial charge in [0.2, 0.25) is 5.91 Å². The van der Waals surface area contributed by atoms with Gasteiger partial charge in [-0.1, -0.05) is 13.8 Å². The molecule has 1 N–H and O–H groups in total. The summed E-state index contributed by atoms with van der Waals surface area (Å²) in [4.78, 5) is 22.7. The van der Waals surface area contributed by atoms with Gasteiger partial charge < -0.3 is 19.1 Å². The summed E-state index contributed by atoms with van der Waals surface area (Å²) in [5.41, 5.74) is -0.361. The summed E-state index contributed by atoms with van der Waals surface area (Å²) in [6.07, 6.45) is -0.374. The van der Waals surface area contributed by atoms with Crippen LogP contribution in [0.15, 0.2) is 0 Å². The van der Waals surface area contributed by atoms with E-state index in [0.717, 1.165) is 0 Å². The van der Waals surface area contributed by atoms with Gasteiger partial charge in [-0.25, -0.2) is 0 Å². The smallest absolute Gasteiger partial charge is 0.307 e. The molecule has 0 radical (unpaired) electrons. The van der Waals surface area contributed by atoms with Crippen molar-refractivity contribution in [2.45, 2.75) is 26.4 Å². The van der Waals surface area contributed by atoms with Crippen molar-refractivity contribution in [2.75, 3.05) is 20.3 Å². The Morgan fingerprint density at radius 3 is 2.82 bits per heavy atom. The van der Waals surface area contributed by atoms with Crippen molar-refractivity contribution in [3.63, 3.8) is 0 Å². The number of ether oxygens (including phenoxy) is 1. The quantitative estimate of drug-likeness (QED) is 0.594. The highest BCUT2D eigenvalue weighted by molar-refractivity contribution is 7.26. The van der Waals surface area contributed by atoms with Gasteiger partial charge in [0.1, 0.15) is 6.10 Å². The van der Waals surface area contributed by atoms with Crippen molar-refractivity contribution in [1.82, 2.24) is 5.32 Å². The fraction of sp³-hybridized carbons (Fsp3) is 0.800. The Balaban J connectivity index is 2.38. The predicted octanol–water partition coefficient (Wildman–Crippen LogP) is 0.616. The van der Waals surface area contributed by atoms with E-state index in [9.17, 15) is 9.59 Å². The average molecular weight is 263 g/mol. The molecule has 0 saturated carbocycles. The van der Waals surface area contributed by atoms with Gasteiger partial charge in [0.15, 0.2) is 9.03 Å². The minimum atomic E-state index is -0.535. The molecule has 17 heavy (non-hydrogen) atoms. The van der Waals surface area contributed by atoms with E-state index in [0.29, 0.717) is 6.61 Å². The third kappa shape index (κ3) is 4.22. The number of nitrogens with one attached hydrogen (secondary N) is 1. The maximum absolute atomic E-state index is 11.8. The minimum Gasteiger partial charge on any atom is -0.469 e. The number of rotatable bonds is 4. The molecular formula is C10H18NO5P. The molecular weight excluding hydrogens is 245 g/mol. The van der Waals surface area contributed by atoms with Crippen molar-refractivity contribution in [1.29, 1.82) is 0 Å². The molecule has 0 spiro atoms. The lowest BCUT2D eigenvalue weighted by Gasteiger charge is -2.36. The van der Waals surface area contributed by atoms with E-state index in [2.05, 4.69) is 10.1 Å². The predicted molar refractivity (Wildman–Crippen MR) is 62.6 cm³/mol. The third-order valence-corrected chi connectivity index (χ3v) is 3.07. The Bertz CT molecular complexity index is 294. The molecule has 2 unspecified atom stereocenters. The zero-order valence-corrected chi connectivity index (χ0v) is 11.2. The minimum absolute atomic E-state index is 0.110. The lowest BCUT2D eigenvalue weighted by Crippen LogP contribution is -2.48. The Labute approximate surface area is 102 Å². The number of amides is 1. The van der Waals surface area contributed by atoms with Gasteiger partial charge in [-0.2, -0.15) is 0 Å². The van der Waals surface area contributed by atoms with Crippen LogP contribution in [0.3, 0.4) is 0 Å². The molecule has 1 fully saturated rings. The first kappa shape index (κ1) is 14.4. The van der Waals surface area contributed by atoms with Crippen molar-refractivity contribution in [2.24, 2.45) is 5.41 Å². The van der Waals surface area contributed by atoms with Crippen molar-refractivity contribution in [3.05, 3.63) is 0 Å². The summed E-state index contributed by atoms with van der Waals surface area (Å²) in [5.74, 6) is -0.561. The molecule has 0 aromatic heterocycles. The zero-order chi connectivity index (χ0) is 12.9. The molecule has 2 atom stereocenters. The van der Waals surface area contributed by atoms with Crippen LogP contribution in [-0.4, -0.2) is 38.2 Å². The zero-order valence-electron chi connectivity index (χ0n) is 10.2. The second kappa shape index (κ2) is 6.28. The van der Waals surface area contributed by atoms with Crippen LogP contribution in [0.4, 0.5) is 0 Å². The van der Waals surface area contributed by atoms with Crippen molar-refractivity contribution >= 4 is 20.9 Å². The number of methoxy groups -OCH3 is 1. The second-order valence-corrected chi connectivity index (χ2v) is 5.17. The molecule has 1 amide bonds. The highest BCUT2D eigenvalue weighted by atomic mass is 31.1. The standard InChI is InChI=1S/C10H18NO5P/c1-10(2)6-15-17-16-8(10)9(13)11-5-4-7(12)14-3/h8,17H,4-6H2,1-3H3,(H,11,13). The molecule has 98 valence electrons. The van der Waals surface area contributed by atoms with Gasteiger partial charge in [0.05, 0.1) is 20.1 Å². The van der Waals surface area contributed by atoms with Crippen LogP contribution in [-0.2, 0) is 23.4 Å². The fourth-order valence-electron chi connectivity index (χ4n) is 1.42. The van der Waals surface area contributed by atoms with E-state index in [1.807, 2.05) is 13.8 Å². The van der Waals surface area contributed by atoms with E-state index in [1.165, 1.54) is 7.11 Å². The van der Waals surface area contributed by atoms with Crippen molar-refractivity contribution < 1.29 is 23.4 Å². The summed E-state index contributed by atoms with van der Waals surface area (Å²) in [5, 5.41) is 2.66. The van der Waals surface area contributed by atoms with Gasteiger partial charge in [-0.3, -0.25) is 9.59 Å². The van der Waals surface area contributed by atoms with Gasteiger partial charge in [0, 0.05) is 12.0 Å². The normalized spacial score (nSPS) is 24.3. The van der Waals surface area contributed by atoms with Crippen LogP contribution in [0.1, 0.15) is 20.3 Å². The Morgan fingerprint density at radius 1 is 1.53 bits per heavy atom. The van der Waals surface area contributed by atoms with Crippen LogP contribution < -0.4 is 5.32 Å². The number of hydrogen-bond donors (Lipinski definition) is 1. The van der Waals surface area contributed by atoms with Gasteiger partial charge in [0.25, 0.3) is 0 Å². The summed E-state index contributed by atoms with van der Waals surface area (Å²) in [6.45, 7) is 4.55. The Morgan fingerprint density at radius 2 is 2.24 bits per heavy atom. The molecule has 1 saturated heterocycles. The van der Waals surface area contributed by atoms with Gasteiger partial charge in [-0.05, 0) is 0 Å². The SMILES string of the molecule is COC(=O)CCNC(=O)C1OPOCC1(C)C. The summed E-state index contributed by atoms with van der Waals surface area (Å²) >= 11 is 0. The molecule has 1 aliphatic heterocycles. The summed E-state index contributed by atoms with van der Waals surface area (Å²) in [6, 6.07) is 0. The molecule has 1 heterocycles. The van der Waals surface area contributed by atoms with E-state index in [-0.39, 0.29) is 39.3 Å². The number of carbonyl (C=O) groups excluding carboxylic acids is 2. The first-order chi connectivity index (χ1) is 7.97. The highest BCUT2D eigenvalue weighted by Crippen LogP contribution is 2.37. The van der Waals surface area contributed by atoms with Crippen LogP contribution in [0, 0.1) is 5.41 Å². The first-order valence-electron chi connectivity index (χ1n) is 5.34. The fourth-order valence-corrected chi connectivity index (χ4v) is 2.45. The van der Waals surface area contributed by atoms with Crippen LogP contribution in [0.25, 0.3) is 0 Å². The monoisotopic (exact) mass is 263 g/mol. The number of esters is 1. The topological polar surface area (TPSA) is 73.9 Å². The van der Waals surface area contributed by atoms with Crippen molar-refractivity contribution in [3.8, 4) is 0 Å². The van der Waals surface area contributed by atoms with Gasteiger partial charge in [-0.15, -0.1) is 0 Å². The number of hydrogen-bond acceptors (Lipinski definition) is 5.